The maximum atomic E-state index is 12.7. The van der Waals surface area contributed by atoms with Crippen LogP contribution in [-0.2, 0) is 0 Å². The lowest BCUT2D eigenvalue weighted by Gasteiger charge is -2.30. The van der Waals surface area contributed by atoms with Gasteiger partial charge in [-0.15, -0.1) is 11.3 Å². The number of nitrogens with one attached hydrogen (secondary N) is 2. The van der Waals surface area contributed by atoms with Gasteiger partial charge >= 0.3 is 0 Å². The topological polar surface area (TPSA) is 113 Å². The molecule has 2 aromatic rings. The number of ether oxygens (including phenoxy) is 2. The number of amides is 2. The van der Waals surface area contributed by atoms with E-state index >= 15 is 0 Å². The first kappa shape index (κ1) is 24.4. The largest absolute Gasteiger partial charge is 0.507 e. The van der Waals surface area contributed by atoms with Crippen LogP contribution >= 0.6 is 11.3 Å². The van der Waals surface area contributed by atoms with E-state index in [1.54, 1.807) is 5.38 Å². The third kappa shape index (κ3) is 6.08. The van der Waals surface area contributed by atoms with Crippen molar-refractivity contribution in [1.82, 2.24) is 15.2 Å². The average molecular weight is 451 g/mol. The minimum Gasteiger partial charge on any atom is -0.507 e. The van der Waals surface area contributed by atoms with Gasteiger partial charge in [-0.25, -0.2) is 4.98 Å². The lowest BCUT2D eigenvalue weighted by Crippen LogP contribution is -2.42. The molecule has 9 nitrogen and oxygen atoms in total. The van der Waals surface area contributed by atoms with E-state index in [2.05, 4.69) is 48.2 Å². The van der Waals surface area contributed by atoms with E-state index < -0.39 is 5.91 Å². The van der Waals surface area contributed by atoms with Gasteiger partial charge in [0.15, 0.2) is 16.6 Å². The molecule has 0 spiro atoms. The Bertz CT molecular complexity index is 905. The van der Waals surface area contributed by atoms with Crippen molar-refractivity contribution in [3.05, 3.63) is 28.8 Å². The van der Waals surface area contributed by atoms with Crippen LogP contribution in [-0.4, -0.2) is 66.2 Å². The number of aromatic nitrogens is 1. The van der Waals surface area contributed by atoms with E-state index in [-0.39, 0.29) is 33.8 Å². The number of carbonyl (C=O) groups is 2. The molecule has 0 saturated carbocycles. The smallest absolute Gasteiger partial charge is 0.270 e. The summed E-state index contributed by atoms with van der Waals surface area (Å²) in [4.78, 5) is 31.5. The van der Waals surface area contributed by atoms with Crippen molar-refractivity contribution in [1.29, 1.82) is 0 Å². The fraction of sp³-hybridized carbons (Fsp3) is 0.476. The number of benzene rings is 1. The first-order chi connectivity index (χ1) is 14.7. The zero-order valence-electron chi connectivity index (χ0n) is 18.7. The molecule has 0 atom stereocenters. The molecule has 3 N–H and O–H groups in total. The van der Waals surface area contributed by atoms with Crippen molar-refractivity contribution in [2.75, 3.05) is 32.6 Å². The monoisotopic (exact) mass is 450 g/mol. The van der Waals surface area contributed by atoms with Crippen LogP contribution in [0.3, 0.4) is 0 Å². The van der Waals surface area contributed by atoms with Gasteiger partial charge in [0.05, 0.1) is 14.2 Å². The average Bonchev–Trinajstić information content (AvgIpc) is 3.18. The highest BCUT2D eigenvalue weighted by Crippen LogP contribution is 2.37. The van der Waals surface area contributed by atoms with Crippen LogP contribution < -0.4 is 20.1 Å². The molecule has 0 bridgehead atoms. The van der Waals surface area contributed by atoms with Gasteiger partial charge in [0, 0.05) is 30.6 Å². The summed E-state index contributed by atoms with van der Waals surface area (Å²) in [7, 11) is 2.81. The summed E-state index contributed by atoms with van der Waals surface area (Å²) in [6.45, 7) is 9.68. The summed E-state index contributed by atoms with van der Waals surface area (Å²) < 4.78 is 10.4. The molecule has 0 fully saturated rings. The van der Waals surface area contributed by atoms with E-state index in [4.69, 9.17) is 9.47 Å². The number of methoxy groups -OCH3 is 2. The van der Waals surface area contributed by atoms with Crippen LogP contribution in [0, 0.1) is 0 Å². The highest BCUT2D eigenvalue weighted by Gasteiger charge is 2.23. The van der Waals surface area contributed by atoms with Crippen LogP contribution in [0.2, 0.25) is 0 Å². The number of aromatic hydroxyl groups is 1. The summed E-state index contributed by atoms with van der Waals surface area (Å²) >= 11 is 1.11. The lowest BCUT2D eigenvalue weighted by atomic mass is 10.1. The molecule has 0 aliphatic carbocycles. The van der Waals surface area contributed by atoms with Gasteiger partial charge in [-0.1, -0.05) is 0 Å². The minimum atomic E-state index is -0.626. The summed E-state index contributed by atoms with van der Waals surface area (Å²) in [5.41, 5.74) is 0.133. The molecule has 1 aromatic heterocycles. The van der Waals surface area contributed by atoms with Crippen LogP contribution in [0.4, 0.5) is 5.13 Å². The minimum absolute atomic E-state index is 0.0782. The van der Waals surface area contributed by atoms with Crippen molar-refractivity contribution in [3.8, 4) is 17.2 Å². The molecule has 2 rings (SSSR count). The number of thiazole rings is 1. The second kappa shape index (κ2) is 11.0. The number of hydrogen-bond donors (Lipinski definition) is 3. The highest BCUT2D eigenvalue weighted by atomic mass is 32.1. The number of nitrogens with zero attached hydrogens (tertiary/aromatic N) is 2. The summed E-state index contributed by atoms with van der Waals surface area (Å²) in [5.74, 6) is -0.787. The molecule has 1 aromatic carbocycles. The van der Waals surface area contributed by atoms with E-state index in [0.29, 0.717) is 24.4 Å². The normalized spacial score (nSPS) is 11.1. The van der Waals surface area contributed by atoms with Crippen molar-refractivity contribution in [3.63, 3.8) is 0 Å². The number of phenols is 1. The third-order valence-electron chi connectivity index (χ3n) is 4.69. The zero-order valence-corrected chi connectivity index (χ0v) is 19.5. The maximum absolute atomic E-state index is 12.7. The van der Waals surface area contributed by atoms with Gasteiger partial charge in [0.1, 0.15) is 17.0 Å². The van der Waals surface area contributed by atoms with Crippen LogP contribution in [0.15, 0.2) is 17.5 Å². The number of rotatable bonds is 10. The van der Waals surface area contributed by atoms with Crippen molar-refractivity contribution < 1.29 is 24.2 Å². The van der Waals surface area contributed by atoms with Crippen molar-refractivity contribution >= 4 is 28.3 Å². The highest BCUT2D eigenvalue weighted by molar-refractivity contribution is 7.14. The Balaban J connectivity index is 2.04. The van der Waals surface area contributed by atoms with E-state index in [9.17, 15) is 14.7 Å². The molecule has 1 heterocycles. The Kier molecular flexibility index (Phi) is 8.64. The van der Waals surface area contributed by atoms with E-state index in [1.807, 2.05) is 0 Å². The Morgan fingerprint density at radius 2 is 1.81 bits per heavy atom. The fourth-order valence-corrected chi connectivity index (χ4v) is 3.92. The summed E-state index contributed by atoms with van der Waals surface area (Å²) in [6.07, 6.45) is 0. The SMILES string of the molecule is COc1ccc(O)c(C(=O)Nc2nc(C(=O)NCCN(C(C)C)C(C)C)cs2)c1OC. The standard InChI is InChI=1S/C21H30N4O5S/c1-12(2)25(13(3)4)10-9-22-19(27)14-11-31-21(23-14)24-20(28)17-15(26)7-8-16(29-5)18(17)30-6/h7-8,11-13,26H,9-10H2,1-6H3,(H,22,27)(H,23,24,28). The number of hydrogen-bond acceptors (Lipinski definition) is 8. The van der Waals surface area contributed by atoms with Crippen LogP contribution in [0.25, 0.3) is 0 Å². The van der Waals surface area contributed by atoms with Gasteiger partial charge in [0.2, 0.25) is 0 Å². The van der Waals surface area contributed by atoms with E-state index in [1.165, 1.54) is 26.4 Å². The van der Waals surface area contributed by atoms with Crippen molar-refractivity contribution in [2.24, 2.45) is 0 Å². The summed E-state index contributed by atoms with van der Waals surface area (Å²) in [5, 5.41) is 17.4. The first-order valence-corrected chi connectivity index (χ1v) is 10.8. The first-order valence-electron chi connectivity index (χ1n) is 9.94. The molecule has 2 amide bonds. The van der Waals surface area contributed by atoms with Gasteiger partial charge in [-0.05, 0) is 39.8 Å². The molecule has 10 heteroatoms. The molecule has 0 aliphatic heterocycles. The van der Waals surface area contributed by atoms with E-state index in [0.717, 1.165) is 17.9 Å². The lowest BCUT2D eigenvalue weighted by molar-refractivity contribution is 0.0934. The second-order valence-electron chi connectivity index (χ2n) is 7.37. The van der Waals surface area contributed by atoms with Gasteiger partial charge in [-0.2, -0.15) is 0 Å². The Morgan fingerprint density at radius 3 is 2.39 bits per heavy atom. The molecule has 31 heavy (non-hydrogen) atoms. The van der Waals surface area contributed by atoms with Gasteiger partial charge in [-0.3, -0.25) is 19.8 Å². The third-order valence-corrected chi connectivity index (χ3v) is 5.45. The number of carbonyl (C=O) groups excluding carboxylic acids is 2. The second-order valence-corrected chi connectivity index (χ2v) is 8.23. The Morgan fingerprint density at radius 1 is 1.13 bits per heavy atom. The van der Waals surface area contributed by atoms with Gasteiger partial charge < -0.3 is 19.9 Å². The fourth-order valence-electron chi connectivity index (χ4n) is 3.23. The quantitative estimate of drug-likeness (QED) is 0.510. The Hall–Kier alpha value is -2.85. The van der Waals surface area contributed by atoms with Crippen molar-refractivity contribution in [2.45, 2.75) is 39.8 Å². The maximum Gasteiger partial charge on any atom is 0.270 e. The zero-order chi connectivity index (χ0) is 23.1. The molecule has 0 aliphatic rings. The van der Waals surface area contributed by atoms with Crippen LogP contribution in [0.1, 0.15) is 48.5 Å². The molecule has 170 valence electrons. The molecule has 0 unspecified atom stereocenters. The van der Waals surface area contributed by atoms with Crippen LogP contribution in [0.5, 0.6) is 17.2 Å². The molecular formula is C21H30N4O5S. The molecule has 0 saturated heterocycles. The number of phenolic OH excluding ortho intramolecular Hbond substituents is 1. The Labute approximate surface area is 186 Å². The molecule has 0 radical (unpaired) electrons. The summed E-state index contributed by atoms with van der Waals surface area (Å²) in [6, 6.07) is 3.59. The predicted molar refractivity (Wildman–Crippen MR) is 121 cm³/mol. The number of anilines is 1. The predicted octanol–water partition coefficient (Wildman–Crippen LogP) is 2.97. The molecular weight excluding hydrogens is 420 g/mol. The van der Waals surface area contributed by atoms with Gasteiger partial charge in [0.25, 0.3) is 11.8 Å².